The fourth-order valence-electron chi connectivity index (χ4n) is 0.952. The van der Waals surface area contributed by atoms with E-state index < -0.39 is 0 Å². The van der Waals surface area contributed by atoms with Gasteiger partial charge in [0.2, 0.25) is 0 Å². The molecule has 0 amide bonds. The van der Waals surface area contributed by atoms with Crippen molar-refractivity contribution >= 4 is 0 Å². The quantitative estimate of drug-likeness (QED) is 0.597. The number of rotatable bonds is 8. The first-order chi connectivity index (χ1) is 6.83. The van der Waals surface area contributed by atoms with Gasteiger partial charge in [0, 0.05) is 13.2 Å². The zero-order valence-corrected chi connectivity index (χ0v) is 9.67. The van der Waals surface area contributed by atoms with Crippen LogP contribution in [-0.2, 0) is 4.74 Å². The van der Waals surface area contributed by atoms with Crippen LogP contribution in [0.5, 0.6) is 0 Å². The van der Waals surface area contributed by atoms with Crippen molar-refractivity contribution in [3.8, 4) is 0 Å². The highest BCUT2D eigenvalue weighted by Crippen LogP contribution is 2.01. The molecule has 88 valence electrons. The van der Waals surface area contributed by atoms with Crippen molar-refractivity contribution in [2.75, 3.05) is 26.4 Å². The lowest BCUT2D eigenvalue weighted by atomic mass is 10.2. The summed E-state index contributed by atoms with van der Waals surface area (Å²) in [6, 6.07) is 0. The van der Waals surface area contributed by atoms with Crippen molar-refractivity contribution in [3.05, 3.63) is 0 Å². The summed E-state index contributed by atoms with van der Waals surface area (Å²) >= 11 is 0. The van der Waals surface area contributed by atoms with E-state index in [2.05, 4.69) is 6.92 Å². The maximum Gasteiger partial charge on any atom is 0.0662 e. The largest absolute Gasteiger partial charge is 0.394 e. The Hall–Kier alpha value is -0.120. The molecular weight excluding hydrogens is 180 g/mol. The molecule has 3 nitrogen and oxygen atoms in total. The third kappa shape index (κ3) is 22.6. The van der Waals surface area contributed by atoms with E-state index in [9.17, 15) is 0 Å². The highest BCUT2D eigenvalue weighted by atomic mass is 16.5. The standard InChI is InChI=1S/C9H20O.C2H6O2/c1-3-5-6-7-8-9-10-4-2;3-1-2-4/h3-9H2,1-2H3;3-4H,1-2H2. The molecule has 0 rings (SSSR count). The molecule has 0 saturated heterocycles. The van der Waals surface area contributed by atoms with E-state index in [0.717, 1.165) is 13.2 Å². The fourth-order valence-corrected chi connectivity index (χ4v) is 0.952. The molecule has 0 heterocycles. The molecular formula is C11H26O3. The molecule has 0 aliphatic heterocycles. The summed E-state index contributed by atoms with van der Waals surface area (Å²) < 4.78 is 5.21. The van der Waals surface area contributed by atoms with Gasteiger partial charge in [0.1, 0.15) is 0 Å². The smallest absolute Gasteiger partial charge is 0.0662 e. The second kappa shape index (κ2) is 18.6. The van der Waals surface area contributed by atoms with Crippen molar-refractivity contribution in [1.29, 1.82) is 0 Å². The van der Waals surface area contributed by atoms with E-state index in [4.69, 9.17) is 14.9 Å². The second-order valence-corrected chi connectivity index (χ2v) is 3.06. The van der Waals surface area contributed by atoms with Gasteiger partial charge in [0.25, 0.3) is 0 Å². The van der Waals surface area contributed by atoms with Gasteiger partial charge >= 0.3 is 0 Å². The Labute approximate surface area is 88.1 Å². The topological polar surface area (TPSA) is 49.7 Å². The summed E-state index contributed by atoms with van der Waals surface area (Å²) in [6.07, 6.45) is 6.67. The van der Waals surface area contributed by atoms with E-state index in [0.29, 0.717) is 0 Å². The highest BCUT2D eigenvalue weighted by Gasteiger charge is 1.87. The number of hydrogen-bond acceptors (Lipinski definition) is 3. The van der Waals surface area contributed by atoms with Crippen LogP contribution in [0.1, 0.15) is 46.0 Å². The molecule has 0 bridgehead atoms. The van der Waals surface area contributed by atoms with Gasteiger partial charge in [-0.15, -0.1) is 0 Å². The van der Waals surface area contributed by atoms with Crippen molar-refractivity contribution in [1.82, 2.24) is 0 Å². The number of aliphatic hydroxyl groups is 2. The minimum absolute atomic E-state index is 0.125. The zero-order chi connectivity index (χ0) is 11.1. The Morgan fingerprint density at radius 3 is 1.86 bits per heavy atom. The van der Waals surface area contributed by atoms with Crippen LogP contribution in [0.25, 0.3) is 0 Å². The monoisotopic (exact) mass is 206 g/mol. The Bertz CT molecular complexity index is 66.9. The van der Waals surface area contributed by atoms with Gasteiger partial charge in [-0.25, -0.2) is 0 Å². The molecule has 0 fully saturated rings. The third-order valence-corrected chi connectivity index (χ3v) is 1.70. The highest BCUT2D eigenvalue weighted by molar-refractivity contribution is 4.40. The molecule has 3 heteroatoms. The first-order valence-corrected chi connectivity index (χ1v) is 5.62. The fraction of sp³-hybridized carbons (Fsp3) is 1.00. The average Bonchev–Trinajstić information content (AvgIpc) is 2.24. The predicted octanol–water partition coefficient (Wildman–Crippen LogP) is 1.96. The predicted molar refractivity (Wildman–Crippen MR) is 59.4 cm³/mol. The molecule has 0 aliphatic rings. The van der Waals surface area contributed by atoms with Gasteiger partial charge in [-0.05, 0) is 13.3 Å². The number of aliphatic hydroxyl groups excluding tert-OH is 2. The van der Waals surface area contributed by atoms with Crippen LogP contribution in [0.15, 0.2) is 0 Å². The van der Waals surface area contributed by atoms with Crippen molar-refractivity contribution in [2.45, 2.75) is 46.0 Å². The first-order valence-electron chi connectivity index (χ1n) is 5.62. The molecule has 0 saturated carbocycles. The summed E-state index contributed by atoms with van der Waals surface area (Å²) in [4.78, 5) is 0. The Kier molecular flexibility index (Phi) is 21.7. The molecule has 0 spiro atoms. The summed E-state index contributed by atoms with van der Waals surface area (Å²) in [6.45, 7) is 5.86. The van der Waals surface area contributed by atoms with Crippen LogP contribution in [-0.4, -0.2) is 36.6 Å². The molecule has 0 aromatic rings. The lowest BCUT2D eigenvalue weighted by Gasteiger charge is -1.99. The SMILES string of the molecule is CCCCCCCOCC.OCCO. The lowest BCUT2D eigenvalue weighted by Crippen LogP contribution is -1.92. The van der Waals surface area contributed by atoms with Crippen molar-refractivity contribution in [3.63, 3.8) is 0 Å². The van der Waals surface area contributed by atoms with Gasteiger partial charge in [-0.3, -0.25) is 0 Å². The second-order valence-electron chi connectivity index (χ2n) is 3.06. The normalized spacial score (nSPS) is 9.43. The number of hydrogen-bond donors (Lipinski definition) is 2. The Balaban J connectivity index is 0. The summed E-state index contributed by atoms with van der Waals surface area (Å²) in [5.74, 6) is 0. The average molecular weight is 206 g/mol. The van der Waals surface area contributed by atoms with Crippen LogP contribution in [0.3, 0.4) is 0 Å². The van der Waals surface area contributed by atoms with Crippen molar-refractivity contribution in [2.24, 2.45) is 0 Å². The van der Waals surface area contributed by atoms with E-state index in [1.807, 2.05) is 6.92 Å². The Morgan fingerprint density at radius 1 is 0.857 bits per heavy atom. The van der Waals surface area contributed by atoms with Gasteiger partial charge in [-0.1, -0.05) is 32.6 Å². The van der Waals surface area contributed by atoms with E-state index >= 15 is 0 Å². The van der Waals surface area contributed by atoms with Crippen LogP contribution in [0.4, 0.5) is 0 Å². The van der Waals surface area contributed by atoms with E-state index in [1.165, 1.54) is 32.1 Å². The molecule has 0 atom stereocenters. The molecule has 0 radical (unpaired) electrons. The van der Waals surface area contributed by atoms with Gasteiger partial charge in [0.05, 0.1) is 13.2 Å². The summed E-state index contributed by atoms with van der Waals surface area (Å²) in [7, 11) is 0. The van der Waals surface area contributed by atoms with E-state index in [1.54, 1.807) is 0 Å². The molecule has 0 unspecified atom stereocenters. The maximum absolute atomic E-state index is 7.62. The molecule has 0 aromatic heterocycles. The van der Waals surface area contributed by atoms with Crippen LogP contribution in [0, 0.1) is 0 Å². The minimum atomic E-state index is -0.125. The molecule has 2 N–H and O–H groups in total. The van der Waals surface area contributed by atoms with Gasteiger partial charge in [0.15, 0.2) is 0 Å². The molecule has 0 aliphatic carbocycles. The molecule has 0 aromatic carbocycles. The first kappa shape index (κ1) is 16.3. The summed E-state index contributed by atoms with van der Waals surface area (Å²) in [5.41, 5.74) is 0. The van der Waals surface area contributed by atoms with Crippen LogP contribution in [0.2, 0.25) is 0 Å². The van der Waals surface area contributed by atoms with Crippen molar-refractivity contribution < 1.29 is 14.9 Å². The van der Waals surface area contributed by atoms with Gasteiger partial charge < -0.3 is 14.9 Å². The van der Waals surface area contributed by atoms with Crippen LogP contribution >= 0.6 is 0 Å². The minimum Gasteiger partial charge on any atom is -0.394 e. The lowest BCUT2D eigenvalue weighted by molar-refractivity contribution is 0.143. The number of ether oxygens (including phenoxy) is 1. The van der Waals surface area contributed by atoms with Gasteiger partial charge in [-0.2, -0.15) is 0 Å². The molecule has 14 heavy (non-hydrogen) atoms. The third-order valence-electron chi connectivity index (χ3n) is 1.70. The maximum atomic E-state index is 7.62. The van der Waals surface area contributed by atoms with Crippen LogP contribution < -0.4 is 0 Å². The zero-order valence-electron chi connectivity index (χ0n) is 9.67. The van der Waals surface area contributed by atoms with E-state index in [-0.39, 0.29) is 13.2 Å². The number of unbranched alkanes of at least 4 members (excludes halogenated alkanes) is 4. The Morgan fingerprint density at radius 2 is 1.43 bits per heavy atom. The summed E-state index contributed by atoms with van der Waals surface area (Å²) in [5, 5.41) is 15.2.